The smallest absolute Gasteiger partial charge is 0.194 e. The number of nitrogens with one attached hydrogen (secondary N) is 2. The maximum atomic E-state index is 12.8. The standard InChI is InChI=1S/C21H26N2O3/c1-3-22-9-11-25-15-5-7-17-18-8-6-16(26-12-10-23-4-2)14-20(18)21(24)19(17)13-15/h5-8,13-14,22-23H,3-4,9-12H2,1-2H3. The summed E-state index contributed by atoms with van der Waals surface area (Å²) in [6.45, 7) is 8.69. The van der Waals surface area contributed by atoms with Crippen molar-refractivity contribution in [3.63, 3.8) is 0 Å². The van der Waals surface area contributed by atoms with Gasteiger partial charge in [-0.1, -0.05) is 13.8 Å². The largest absolute Gasteiger partial charge is 0.492 e. The van der Waals surface area contributed by atoms with Crippen LogP contribution in [-0.4, -0.2) is 45.2 Å². The number of carbonyl (C=O) groups is 1. The van der Waals surface area contributed by atoms with E-state index in [0.29, 0.717) is 24.3 Å². The zero-order chi connectivity index (χ0) is 18.4. The van der Waals surface area contributed by atoms with Crippen LogP contribution in [0.3, 0.4) is 0 Å². The lowest BCUT2D eigenvalue weighted by atomic mass is 10.1. The van der Waals surface area contributed by atoms with Crippen molar-refractivity contribution in [2.45, 2.75) is 13.8 Å². The normalized spacial score (nSPS) is 12.0. The molecule has 3 rings (SSSR count). The van der Waals surface area contributed by atoms with Crippen molar-refractivity contribution in [3.05, 3.63) is 47.5 Å². The summed E-state index contributed by atoms with van der Waals surface area (Å²) in [5, 5.41) is 6.43. The number of ketones is 1. The van der Waals surface area contributed by atoms with Crippen LogP contribution in [0.1, 0.15) is 29.8 Å². The van der Waals surface area contributed by atoms with Crippen LogP contribution in [0.4, 0.5) is 0 Å². The lowest BCUT2D eigenvalue weighted by molar-refractivity contribution is 0.104. The number of carbonyl (C=O) groups excluding carboxylic acids is 1. The lowest BCUT2D eigenvalue weighted by Crippen LogP contribution is -2.20. The fourth-order valence-electron chi connectivity index (χ4n) is 3.05. The fourth-order valence-corrected chi connectivity index (χ4v) is 3.05. The van der Waals surface area contributed by atoms with Gasteiger partial charge in [0.2, 0.25) is 0 Å². The third kappa shape index (κ3) is 4.06. The number of hydrogen-bond donors (Lipinski definition) is 2. The Kier molecular flexibility index (Phi) is 6.26. The number of fused-ring (bicyclic) bond motifs is 3. The van der Waals surface area contributed by atoms with Gasteiger partial charge in [0.15, 0.2) is 5.78 Å². The Balaban J connectivity index is 1.71. The summed E-state index contributed by atoms with van der Waals surface area (Å²) in [5.74, 6) is 1.49. The van der Waals surface area contributed by atoms with Gasteiger partial charge in [0, 0.05) is 24.2 Å². The first-order valence-electron chi connectivity index (χ1n) is 9.24. The fraction of sp³-hybridized carbons (Fsp3) is 0.381. The summed E-state index contributed by atoms with van der Waals surface area (Å²) in [5.41, 5.74) is 3.32. The van der Waals surface area contributed by atoms with Gasteiger partial charge in [-0.15, -0.1) is 0 Å². The summed E-state index contributed by atoms with van der Waals surface area (Å²) < 4.78 is 11.5. The molecule has 0 heterocycles. The number of benzene rings is 2. The lowest BCUT2D eigenvalue weighted by Gasteiger charge is -2.08. The molecular formula is C21H26N2O3. The van der Waals surface area contributed by atoms with Crippen LogP contribution < -0.4 is 20.1 Å². The number of likely N-dealkylation sites (N-methyl/N-ethyl adjacent to an activating group) is 2. The highest BCUT2D eigenvalue weighted by atomic mass is 16.5. The molecule has 0 fully saturated rings. The average Bonchev–Trinajstić information content (AvgIpc) is 2.94. The predicted molar refractivity (Wildman–Crippen MR) is 103 cm³/mol. The molecule has 0 bridgehead atoms. The van der Waals surface area contributed by atoms with Crippen molar-refractivity contribution in [1.82, 2.24) is 10.6 Å². The minimum Gasteiger partial charge on any atom is -0.492 e. The van der Waals surface area contributed by atoms with Crippen molar-refractivity contribution in [2.75, 3.05) is 39.4 Å². The van der Waals surface area contributed by atoms with Crippen LogP contribution in [0.25, 0.3) is 11.1 Å². The highest BCUT2D eigenvalue weighted by molar-refractivity contribution is 6.22. The van der Waals surface area contributed by atoms with E-state index in [1.54, 1.807) is 0 Å². The molecule has 2 aromatic carbocycles. The summed E-state index contributed by atoms with van der Waals surface area (Å²) in [7, 11) is 0. The molecule has 0 aromatic heterocycles. The second kappa shape index (κ2) is 8.83. The van der Waals surface area contributed by atoms with Gasteiger partial charge in [-0.05, 0) is 60.6 Å². The molecule has 0 atom stereocenters. The summed E-state index contributed by atoms with van der Waals surface area (Å²) in [6.07, 6.45) is 0. The number of hydrogen-bond acceptors (Lipinski definition) is 5. The van der Waals surface area contributed by atoms with Crippen molar-refractivity contribution in [3.8, 4) is 22.6 Å². The summed E-state index contributed by atoms with van der Waals surface area (Å²) in [6, 6.07) is 11.5. The molecule has 0 unspecified atom stereocenters. The molecule has 138 valence electrons. The maximum Gasteiger partial charge on any atom is 0.194 e. The van der Waals surface area contributed by atoms with Crippen molar-refractivity contribution in [1.29, 1.82) is 0 Å². The Morgan fingerprint density at radius 3 is 1.62 bits per heavy atom. The van der Waals surface area contributed by atoms with Crippen LogP contribution in [0.5, 0.6) is 11.5 Å². The van der Waals surface area contributed by atoms with Gasteiger partial charge in [0.05, 0.1) is 0 Å². The van der Waals surface area contributed by atoms with Crippen molar-refractivity contribution >= 4 is 5.78 Å². The quantitative estimate of drug-likeness (QED) is 0.548. The maximum absolute atomic E-state index is 12.8. The van der Waals surface area contributed by atoms with Crippen LogP contribution in [0.15, 0.2) is 36.4 Å². The zero-order valence-corrected chi connectivity index (χ0v) is 15.4. The van der Waals surface area contributed by atoms with Gasteiger partial charge in [0.25, 0.3) is 0 Å². The molecule has 0 saturated carbocycles. The van der Waals surface area contributed by atoms with E-state index in [4.69, 9.17) is 9.47 Å². The van der Waals surface area contributed by atoms with E-state index in [1.165, 1.54) is 0 Å². The molecule has 5 heteroatoms. The topological polar surface area (TPSA) is 59.6 Å². The zero-order valence-electron chi connectivity index (χ0n) is 15.4. The van der Waals surface area contributed by atoms with Gasteiger partial charge < -0.3 is 20.1 Å². The van der Waals surface area contributed by atoms with E-state index in [-0.39, 0.29) is 5.78 Å². The number of rotatable bonds is 10. The highest BCUT2D eigenvalue weighted by Crippen LogP contribution is 2.39. The second-order valence-corrected chi connectivity index (χ2v) is 6.15. The van der Waals surface area contributed by atoms with Crippen molar-refractivity contribution < 1.29 is 14.3 Å². The van der Waals surface area contributed by atoms with E-state index in [9.17, 15) is 4.79 Å². The van der Waals surface area contributed by atoms with Crippen LogP contribution in [-0.2, 0) is 0 Å². The molecule has 2 aromatic rings. The Morgan fingerprint density at radius 2 is 1.19 bits per heavy atom. The molecule has 0 saturated heterocycles. The first-order chi connectivity index (χ1) is 12.7. The molecule has 0 spiro atoms. The predicted octanol–water partition coefficient (Wildman–Crippen LogP) is 2.87. The Bertz CT molecular complexity index is 710. The van der Waals surface area contributed by atoms with Gasteiger partial charge in [-0.25, -0.2) is 0 Å². The van der Waals surface area contributed by atoms with Gasteiger partial charge >= 0.3 is 0 Å². The number of ether oxygens (including phenoxy) is 2. The molecule has 5 nitrogen and oxygen atoms in total. The Morgan fingerprint density at radius 1 is 0.731 bits per heavy atom. The molecule has 26 heavy (non-hydrogen) atoms. The minimum absolute atomic E-state index is 0.0317. The Labute approximate surface area is 154 Å². The molecule has 0 radical (unpaired) electrons. The van der Waals surface area contributed by atoms with Gasteiger partial charge in [-0.3, -0.25) is 4.79 Å². The van der Waals surface area contributed by atoms with Gasteiger partial charge in [-0.2, -0.15) is 0 Å². The third-order valence-corrected chi connectivity index (χ3v) is 4.36. The van der Waals surface area contributed by atoms with E-state index in [1.807, 2.05) is 36.4 Å². The van der Waals surface area contributed by atoms with Crippen LogP contribution >= 0.6 is 0 Å². The summed E-state index contributed by atoms with van der Waals surface area (Å²) in [4.78, 5) is 12.8. The molecule has 0 amide bonds. The first kappa shape index (κ1) is 18.4. The highest BCUT2D eigenvalue weighted by Gasteiger charge is 2.27. The molecule has 1 aliphatic carbocycles. The Hall–Kier alpha value is -2.37. The molecular weight excluding hydrogens is 328 g/mol. The van der Waals surface area contributed by atoms with E-state index in [2.05, 4.69) is 24.5 Å². The third-order valence-electron chi connectivity index (χ3n) is 4.36. The van der Waals surface area contributed by atoms with Crippen LogP contribution in [0, 0.1) is 0 Å². The van der Waals surface area contributed by atoms with Crippen molar-refractivity contribution in [2.24, 2.45) is 0 Å². The van der Waals surface area contributed by atoms with Gasteiger partial charge in [0.1, 0.15) is 24.7 Å². The SMILES string of the molecule is CCNCCOc1ccc2c(c1)C(=O)c1cc(OCCNCC)ccc1-2. The van der Waals surface area contributed by atoms with E-state index >= 15 is 0 Å². The monoisotopic (exact) mass is 354 g/mol. The second-order valence-electron chi connectivity index (χ2n) is 6.15. The first-order valence-corrected chi connectivity index (χ1v) is 9.24. The summed E-state index contributed by atoms with van der Waals surface area (Å²) >= 11 is 0. The minimum atomic E-state index is 0.0317. The molecule has 1 aliphatic rings. The molecule has 0 aliphatic heterocycles. The van der Waals surface area contributed by atoms with E-state index < -0.39 is 0 Å². The average molecular weight is 354 g/mol. The van der Waals surface area contributed by atoms with Crippen LogP contribution in [0.2, 0.25) is 0 Å². The molecule has 2 N–H and O–H groups in total. The van der Waals surface area contributed by atoms with E-state index in [0.717, 1.165) is 48.8 Å².